The van der Waals surface area contributed by atoms with E-state index in [1.165, 1.54) is 6.26 Å². The van der Waals surface area contributed by atoms with Gasteiger partial charge in [0, 0.05) is 17.1 Å². The number of benzene rings is 1. The van der Waals surface area contributed by atoms with Gasteiger partial charge in [-0.3, -0.25) is 4.79 Å². The molecule has 6 nitrogen and oxygen atoms in total. The fourth-order valence-corrected chi connectivity index (χ4v) is 3.51. The molecule has 152 valence electrons. The third kappa shape index (κ3) is 3.57. The molecular weight excluding hydrogens is 409 g/mol. The summed E-state index contributed by atoms with van der Waals surface area (Å²) < 4.78 is 47.0. The monoisotopic (exact) mass is 424 g/mol. The molecule has 29 heavy (non-hydrogen) atoms. The lowest BCUT2D eigenvalue weighted by Gasteiger charge is -2.32. The molecular formula is C19H16ClF3N4O2. The van der Waals surface area contributed by atoms with E-state index in [-0.39, 0.29) is 17.8 Å². The van der Waals surface area contributed by atoms with E-state index in [1.807, 2.05) is 0 Å². The third-order valence-electron chi connectivity index (χ3n) is 4.89. The van der Waals surface area contributed by atoms with Gasteiger partial charge in [0.25, 0.3) is 5.91 Å². The number of furan rings is 1. The van der Waals surface area contributed by atoms with E-state index >= 15 is 0 Å². The van der Waals surface area contributed by atoms with Crippen LogP contribution in [0.15, 0.2) is 47.2 Å². The molecule has 0 unspecified atom stereocenters. The Hall–Kier alpha value is -2.94. The second-order valence-corrected chi connectivity index (χ2v) is 7.13. The van der Waals surface area contributed by atoms with E-state index in [0.29, 0.717) is 22.0 Å². The van der Waals surface area contributed by atoms with E-state index in [0.717, 1.165) is 10.9 Å². The zero-order valence-corrected chi connectivity index (χ0v) is 15.9. The van der Waals surface area contributed by atoms with Gasteiger partial charge in [-0.25, -0.2) is 4.68 Å². The Morgan fingerprint density at radius 3 is 2.83 bits per heavy atom. The Balaban J connectivity index is 1.70. The highest BCUT2D eigenvalue weighted by atomic mass is 35.5. The van der Waals surface area contributed by atoms with Crippen molar-refractivity contribution >= 4 is 29.0 Å². The third-order valence-corrected chi connectivity index (χ3v) is 5.30. The maximum Gasteiger partial charge on any atom is 0.410 e. The van der Waals surface area contributed by atoms with Crippen LogP contribution in [0.4, 0.5) is 24.7 Å². The van der Waals surface area contributed by atoms with E-state index in [2.05, 4.69) is 15.7 Å². The molecule has 3 aromatic rings. The summed E-state index contributed by atoms with van der Waals surface area (Å²) >= 11 is 6.07. The van der Waals surface area contributed by atoms with Gasteiger partial charge < -0.3 is 15.1 Å². The fourth-order valence-electron chi connectivity index (χ4n) is 3.34. The number of aromatic nitrogens is 2. The molecule has 10 heteroatoms. The first kappa shape index (κ1) is 19.4. The summed E-state index contributed by atoms with van der Waals surface area (Å²) in [6, 6.07) is 5.56. The number of carbonyl (C=O) groups is 1. The van der Waals surface area contributed by atoms with Crippen LogP contribution < -0.4 is 10.6 Å². The standard InChI is InChI=1S/C19H16ClF3N4O2/c1-10-12(20)4-2-5-13(10)26-18(28)11-9-24-27-16(19(21,22)23)8-14(25-17(11)27)15-6-3-7-29-15/h2-7,9,14,16,25H,8H2,1H3,(H,26,28)/t14-,16-/m0/s1. The molecule has 0 fully saturated rings. The number of hydrogen-bond acceptors (Lipinski definition) is 4. The van der Waals surface area contributed by atoms with Crippen LogP contribution in [0.2, 0.25) is 5.02 Å². The average Bonchev–Trinajstić information content (AvgIpc) is 3.33. The van der Waals surface area contributed by atoms with Crippen LogP contribution in [-0.2, 0) is 0 Å². The van der Waals surface area contributed by atoms with Gasteiger partial charge in [-0.1, -0.05) is 17.7 Å². The van der Waals surface area contributed by atoms with Crippen molar-refractivity contribution in [3.05, 3.63) is 64.7 Å². The molecule has 2 atom stereocenters. The molecule has 1 amide bonds. The van der Waals surface area contributed by atoms with E-state index in [1.54, 1.807) is 37.3 Å². The van der Waals surface area contributed by atoms with Gasteiger partial charge in [0.1, 0.15) is 17.1 Å². The van der Waals surface area contributed by atoms with Crippen molar-refractivity contribution in [3.63, 3.8) is 0 Å². The number of nitrogens with zero attached hydrogens (tertiary/aromatic N) is 2. The number of carbonyl (C=O) groups excluding carboxylic acids is 1. The Morgan fingerprint density at radius 2 is 2.14 bits per heavy atom. The van der Waals surface area contributed by atoms with Gasteiger partial charge >= 0.3 is 6.18 Å². The first-order valence-electron chi connectivity index (χ1n) is 8.76. The summed E-state index contributed by atoms with van der Waals surface area (Å²) in [4.78, 5) is 12.8. The first-order valence-corrected chi connectivity index (χ1v) is 9.14. The van der Waals surface area contributed by atoms with E-state index < -0.39 is 24.2 Å². The normalized spacial score (nSPS) is 18.8. The molecule has 2 N–H and O–H groups in total. The van der Waals surface area contributed by atoms with Crippen LogP contribution in [0.25, 0.3) is 0 Å². The lowest BCUT2D eigenvalue weighted by atomic mass is 10.0. The Bertz CT molecular complexity index is 1050. The van der Waals surface area contributed by atoms with Crippen molar-refractivity contribution in [2.45, 2.75) is 31.6 Å². The van der Waals surface area contributed by atoms with Crippen molar-refractivity contribution in [1.82, 2.24) is 9.78 Å². The fraction of sp³-hybridized carbons (Fsp3) is 0.263. The van der Waals surface area contributed by atoms with Crippen LogP contribution in [-0.4, -0.2) is 21.9 Å². The highest BCUT2D eigenvalue weighted by Crippen LogP contribution is 2.44. The molecule has 2 aromatic heterocycles. The predicted molar refractivity (Wildman–Crippen MR) is 101 cm³/mol. The molecule has 0 spiro atoms. The molecule has 0 saturated carbocycles. The first-order chi connectivity index (χ1) is 13.8. The SMILES string of the molecule is Cc1c(Cl)cccc1NC(=O)c1cnn2c1N[C@H](c1ccco1)C[C@H]2C(F)(F)F. The smallest absolute Gasteiger partial charge is 0.410 e. The zero-order chi connectivity index (χ0) is 20.8. The highest BCUT2D eigenvalue weighted by molar-refractivity contribution is 6.31. The van der Waals surface area contributed by atoms with E-state index in [9.17, 15) is 18.0 Å². The minimum absolute atomic E-state index is 0.00474. The van der Waals surface area contributed by atoms with Crippen LogP contribution in [0, 0.1) is 6.92 Å². The maximum absolute atomic E-state index is 13.7. The van der Waals surface area contributed by atoms with Crippen molar-refractivity contribution < 1.29 is 22.4 Å². The van der Waals surface area contributed by atoms with Gasteiger partial charge in [-0.05, 0) is 36.8 Å². The van der Waals surface area contributed by atoms with Crippen LogP contribution >= 0.6 is 11.6 Å². The van der Waals surface area contributed by atoms with Crippen LogP contribution in [0.5, 0.6) is 0 Å². The minimum Gasteiger partial charge on any atom is -0.467 e. The summed E-state index contributed by atoms with van der Waals surface area (Å²) in [5.74, 6) is -0.258. The summed E-state index contributed by atoms with van der Waals surface area (Å²) in [7, 11) is 0. The van der Waals surface area contributed by atoms with Gasteiger partial charge in [0.15, 0.2) is 6.04 Å². The lowest BCUT2D eigenvalue weighted by molar-refractivity contribution is -0.174. The number of fused-ring (bicyclic) bond motifs is 1. The zero-order valence-electron chi connectivity index (χ0n) is 15.1. The van der Waals surface area contributed by atoms with Crippen molar-refractivity contribution in [2.24, 2.45) is 0 Å². The molecule has 4 rings (SSSR count). The molecule has 1 aliphatic heterocycles. The molecule has 0 radical (unpaired) electrons. The topological polar surface area (TPSA) is 72.1 Å². The average molecular weight is 425 g/mol. The van der Waals surface area contributed by atoms with Gasteiger partial charge in [0.05, 0.1) is 18.5 Å². The molecule has 0 bridgehead atoms. The lowest BCUT2D eigenvalue weighted by Crippen LogP contribution is -2.36. The number of anilines is 2. The van der Waals surface area contributed by atoms with Gasteiger partial charge in [0.2, 0.25) is 0 Å². The number of alkyl halides is 3. The van der Waals surface area contributed by atoms with Crippen LogP contribution in [0.3, 0.4) is 0 Å². The summed E-state index contributed by atoms with van der Waals surface area (Å²) in [5.41, 5.74) is 1.11. The van der Waals surface area contributed by atoms with Gasteiger partial charge in [-0.15, -0.1) is 0 Å². The number of hydrogen-bond donors (Lipinski definition) is 2. The Morgan fingerprint density at radius 1 is 1.34 bits per heavy atom. The van der Waals surface area contributed by atoms with Crippen molar-refractivity contribution in [3.8, 4) is 0 Å². The molecule has 0 aliphatic carbocycles. The number of rotatable bonds is 3. The van der Waals surface area contributed by atoms with Crippen molar-refractivity contribution in [1.29, 1.82) is 0 Å². The number of nitrogens with one attached hydrogen (secondary N) is 2. The van der Waals surface area contributed by atoms with Crippen LogP contribution in [0.1, 0.15) is 40.2 Å². The second-order valence-electron chi connectivity index (χ2n) is 6.72. The summed E-state index contributed by atoms with van der Waals surface area (Å²) in [5, 5.41) is 9.95. The molecule has 0 saturated heterocycles. The largest absolute Gasteiger partial charge is 0.467 e. The van der Waals surface area contributed by atoms with Gasteiger partial charge in [-0.2, -0.15) is 18.3 Å². The van der Waals surface area contributed by atoms with E-state index in [4.69, 9.17) is 16.0 Å². The second kappa shape index (κ2) is 7.14. The summed E-state index contributed by atoms with van der Waals surface area (Å²) in [6.45, 7) is 1.73. The maximum atomic E-state index is 13.7. The quantitative estimate of drug-likeness (QED) is 0.594. The predicted octanol–water partition coefficient (Wildman–Crippen LogP) is 5.35. The molecule has 1 aromatic carbocycles. The summed E-state index contributed by atoms with van der Waals surface area (Å²) in [6.07, 6.45) is -2.33. The minimum atomic E-state index is -4.54. The van der Waals surface area contributed by atoms with Crippen molar-refractivity contribution in [2.75, 3.05) is 10.6 Å². The molecule has 1 aliphatic rings. The number of halogens is 4. The highest BCUT2D eigenvalue weighted by Gasteiger charge is 2.47. The Kier molecular flexibility index (Phi) is 4.77. The number of amides is 1. The molecule has 3 heterocycles. The Labute approximate surface area is 168 Å².